The van der Waals surface area contributed by atoms with Crippen LogP contribution in [-0.2, 0) is 0 Å². The first-order valence-electron chi connectivity index (χ1n) is 6.19. The van der Waals surface area contributed by atoms with Crippen LogP contribution in [0.4, 0.5) is 13.2 Å². The first-order chi connectivity index (χ1) is 10.3. The van der Waals surface area contributed by atoms with Crippen LogP contribution in [0.3, 0.4) is 0 Å². The van der Waals surface area contributed by atoms with Gasteiger partial charge in [0.05, 0.1) is 21.0 Å². The average Bonchev–Trinajstić information content (AvgIpc) is 2.78. The molecule has 1 aromatic carbocycles. The van der Waals surface area contributed by atoms with Gasteiger partial charge in [-0.05, 0) is 59.3 Å². The molecule has 0 atom stereocenters. The lowest BCUT2D eigenvalue weighted by Gasteiger charge is -2.11. The van der Waals surface area contributed by atoms with Gasteiger partial charge in [0.15, 0.2) is 0 Å². The molecule has 0 unspecified atom stereocenters. The standard InChI is InChI=1S/C14H9F3IN3O/c1-8-4-9(22-14(15,16)17)2-3-10(8)12-5-13-11(18)6-20-21(13)7-19-12/h2-7H,1H3. The Morgan fingerprint density at radius 2 is 2.00 bits per heavy atom. The zero-order valence-electron chi connectivity index (χ0n) is 11.2. The first-order valence-corrected chi connectivity index (χ1v) is 7.27. The van der Waals surface area contributed by atoms with Gasteiger partial charge in [-0.25, -0.2) is 9.50 Å². The number of aromatic nitrogens is 3. The van der Waals surface area contributed by atoms with Crippen molar-refractivity contribution in [2.45, 2.75) is 13.3 Å². The van der Waals surface area contributed by atoms with Crippen LogP contribution < -0.4 is 4.74 Å². The number of alkyl halides is 3. The van der Waals surface area contributed by atoms with E-state index in [1.807, 2.05) is 6.07 Å². The van der Waals surface area contributed by atoms with Crippen molar-refractivity contribution in [3.05, 3.63) is 45.9 Å². The second kappa shape index (κ2) is 5.41. The summed E-state index contributed by atoms with van der Waals surface area (Å²) in [5, 5.41) is 4.13. The third kappa shape index (κ3) is 3.01. The van der Waals surface area contributed by atoms with Crippen LogP contribution in [-0.4, -0.2) is 21.0 Å². The normalized spacial score (nSPS) is 11.9. The smallest absolute Gasteiger partial charge is 0.406 e. The summed E-state index contributed by atoms with van der Waals surface area (Å²) in [5.74, 6) is -0.242. The Bertz CT molecular complexity index is 845. The molecule has 3 rings (SSSR count). The highest BCUT2D eigenvalue weighted by atomic mass is 127. The highest BCUT2D eigenvalue weighted by Gasteiger charge is 2.31. The molecule has 3 aromatic rings. The maximum atomic E-state index is 12.2. The molecule has 0 spiro atoms. The van der Waals surface area contributed by atoms with Crippen LogP contribution in [0.5, 0.6) is 5.75 Å². The second-order valence-electron chi connectivity index (χ2n) is 4.62. The van der Waals surface area contributed by atoms with E-state index in [9.17, 15) is 13.2 Å². The zero-order valence-corrected chi connectivity index (χ0v) is 13.4. The topological polar surface area (TPSA) is 39.4 Å². The molecule has 114 valence electrons. The van der Waals surface area contributed by atoms with Crippen molar-refractivity contribution in [1.29, 1.82) is 0 Å². The summed E-state index contributed by atoms with van der Waals surface area (Å²) in [7, 11) is 0. The molecule has 0 aliphatic heterocycles. The van der Waals surface area contributed by atoms with Gasteiger partial charge >= 0.3 is 6.36 Å². The van der Waals surface area contributed by atoms with Crippen molar-refractivity contribution in [2.24, 2.45) is 0 Å². The summed E-state index contributed by atoms with van der Waals surface area (Å²) < 4.78 is 43.2. The van der Waals surface area contributed by atoms with Gasteiger partial charge in [0.1, 0.15) is 12.1 Å². The molecule has 0 saturated carbocycles. The van der Waals surface area contributed by atoms with E-state index in [4.69, 9.17) is 0 Å². The third-order valence-corrected chi connectivity index (χ3v) is 3.91. The fraction of sp³-hybridized carbons (Fsp3) is 0.143. The molecule has 4 nitrogen and oxygen atoms in total. The molecule has 0 saturated heterocycles. The molecule has 0 fully saturated rings. The van der Waals surface area contributed by atoms with E-state index < -0.39 is 6.36 Å². The largest absolute Gasteiger partial charge is 0.573 e. The van der Waals surface area contributed by atoms with Gasteiger partial charge < -0.3 is 4.74 Å². The van der Waals surface area contributed by atoms with E-state index in [2.05, 4.69) is 37.4 Å². The molecule has 2 heterocycles. The molecular formula is C14H9F3IN3O. The van der Waals surface area contributed by atoms with Gasteiger partial charge in [-0.3, -0.25) is 0 Å². The van der Waals surface area contributed by atoms with Crippen LogP contribution in [0.25, 0.3) is 16.8 Å². The highest BCUT2D eigenvalue weighted by Crippen LogP contribution is 2.29. The molecule has 0 aliphatic carbocycles. The minimum atomic E-state index is -4.70. The van der Waals surface area contributed by atoms with Gasteiger partial charge in [0.2, 0.25) is 0 Å². The summed E-state index contributed by atoms with van der Waals surface area (Å²) in [6.45, 7) is 1.71. The number of benzene rings is 1. The number of rotatable bonds is 2. The Balaban J connectivity index is 2.01. The van der Waals surface area contributed by atoms with Crippen LogP contribution in [0, 0.1) is 10.5 Å². The minimum absolute atomic E-state index is 0.242. The lowest BCUT2D eigenvalue weighted by Crippen LogP contribution is -2.17. The lowest BCUT2D eigenvalue weighted by molar-refractivity contribution is -0.274. The predicted molar refractivity (Wildman–Crippen MR) is 82.6 cm³/mol. The van der Waals surface area contributed by atoms with E-state index in [0.717, 1.165) is 14.7 Å². The van der Waals surface area contributed by atoms with E-state index in [0.29, 0.717) is 11.3 Å². The zero-order chi connectivity index (χ0) is 15.9. The Morgan fingerprint density at radius 3 is 2.68 bits per heavy atom. The molecule has 2 aromatic heterocycles. The molecule has 0 radical (unpaired) electrons. The molecule has 0 bridgehead atoms. The van der Waals surface area contributed by atoms with Gasteiger partial charge in [0.25, 0.3) is 0 Å². The Labute approximate surface area is 137 Å². The van der Waals surface area contributed by atoms with E-state index in [-0.39, 0.29) is 5.75 Å². The number of hydrogen-bond acceptors (Lipinski definition) is 3. The monoisotopic (exact) mass is 419 g/mol. The van der Waals surface area contributed by atoms with E-state index in [1.54, 1.807) is 30.0 Å². The summed E-state index contributed by atoms with van der Waals surface area (Å²) in [4.78, 5) is 4.29. The Hall–Kier alpha value is -1.84. The number of aryl methyl sites for hydroxylation is 1. The molecular weight excluding hydrogens is 410 g/mol. The molecule has 0 aliphatic rings. The molecule has 8 heteroatoms. The minimum Gasteiger partial charge on any atom is -0.406 e. The van der Waals surface area contributed by atoms with Crippen molar-refractivity contribution in [2.75, 3.05) is 0 Å². The molecule has 0 amide bonds. The van der Waals surface area contributed by atoms with Crippen LogP contribution in [0.15, 0.2) is 36.8 Å². The SMILES string of the molecule is Cc1cc(OC(F)(F)F)ccc1-c1cc2c(I)cnn2cn1. The van der Waals surface area contributed by atoms with Crippen molar-refractivity contribution in [3.63, 3.8) is 0 Å². The summed E-state index contributed by atoms with van der Waals surface area (Å²) in [5.41, 5.74) is 2.95. The number of halogens is 4. The van der Waals surface area contributed by atoms with Gasteiger partial charge in [-0.1, -0.05) is 0 Å². The quantitative estimate of drug-likeness (QED) is 0.585. The van der Waals surface area contributed by atoms with Crippen molar-refractivity contribution < 1.29 is 17.9 Å². The lowest BCUT2D eigenvalue weighted by atomic mass is 10.0. The maximum Gasteiger partial charge on any atom is 0.573 e. The first kappa shape index (κ1) is 15.1. The average molecular weight is 419 g/mol. The van der Waals surface area contributed by atoms with Crippen LogP contribution in [0.2, 0.25) is 0 Å². The second-order valence-corrected chi connectivity index (χ2v) is 5.78. The van der Waals surface area contributed by atoms with Crippen LogP contribution >= 0.6 is 22.6 Å². The molecule has 22 heavy (non-hydrogen) atoms. The van der Waals surface area contributed by atoms with Crippen LogP contribution in [0.1, 0.15) is 5.56 Å². The number of ether oxygens (including phenoxy) is 1. The summed E-state index contributed by atoms with van der Waals surface area (Å²) in [6.07, 6.45) is -1.40. The highest BCUT2D eigenvalue weighted by molar-refractivity contribution is 14.1. The summed E-state index contributed by atoms with van der Waals surface area (Å²) in [6, 6.07) is 6.04. The fourth-order valence-electron chi connectivity index (χ4n) is 2.13. The van der Waals surface area contributed by atoms with Crippen molar-refractivity contribution >= 4 is 28.1 Å². The number of hydrogen-bond donors (Lipinski definition) is 0. The fourth-order valence-corrected chi connectivity index (χ4v) is 2.66. The summed E-state index contributed by atoms with van der Waals surface area (Å²) >= 11 is 2.16. The van der Waals surface area contributed by atoms with Gasteiger partial charge in [0, 0.05) is 5.56 Å². The number of nitrogens with zero attached hydrogens (tertiary/aromatic N) is 3. The number of fused-ring (bicyclic) bond motifs is 1. The van der Waals surface area contributed by atoms with E-state index in [1.165, 1.54) is 12.1 Å². The van der Waals surface area contributed by atoms with Crippen molar-refractivity contribution in [1.82, 2.24) is 14.6 Å². The van der Waals surface area contributed by atoms with Gasteiger partial charge in [-0.15, -0.1) is 13.2 Å². The van der Waals surface area contributed by atoms with Gasteiger partial charge in [-0.2, -0.15) is 5.10 Å². The van der Waals surface area contributed by atoms with Crippen molar-refractivity contribution in [3.8, 4) is 17.0 Å². The maximum absolute atomic E-state index is 12.2. The van der Waals surface area contributed by atoms with E-state index >= 15 is 0 Å². The molecule has 0 N–H and O–H groups in total. The Morgan fingerprint density at radius 1 is 1.23 bits per heavy atom. The third-order valence-electron chi connectivity index (χ3n) is 3.07. The Kier molecular flexibility index (Phi) is 3.71. The predicted octanol–water partition coefficient (Wildman–Crippen LogP) is 4.21.